The lowest BCUT2D eigenvalue weighted by Gasteiger charge is -2.33. The molecule has 160 valence electrons. The number of rotatable bonds is 3. The maximum atomic E-state index is 12.0. The maximum absolute atomic E-state index is 12.0. The van der Waals surface area contributed by atoms with Crippen LogP contribution in [0, 0.1) is 5.92 Å². The quantitative estimate of drug-likeness (QED) is 0.665. The second kappa shape index (κ2) is 7.09. The molecule has 1 aliphatic carbocycles. The van der Waals surface area contributed by atoms with Gasteiger partial charge in [0.2, 0.25) is 0 Å². The van der Waals surface area contributed by atoms with Crippen molar-refractivity contribution in [3.63, 3.8) is 0 Å². The minimum absolute atomic E-state index is 0.0109. The molecular weight excluding hydrogens is 388 g/mol. The van der Waals surface area contributed by atoms with Gasteiger partial charge in [0, 0.05) is 30.6 Å². The van der Waals surface area contributed by atoms with Crippen molar-refractivity contribution in [1.29, 1.82) is 0 Å². The van der Waals surface area contributed by atoms with Gasteiger partial charge in [-0.3, -0.25) is 4.90 Å². The standard InChI is InChI=1S/C25H28N4O2/c1-15-7-9-18-20(28(15)25(30)31)11-12-21-23(18)27-22(13-16-5-3-2-4-6-16)29(21)24-17-8-10-19(24)26-14-17/h2-6,11-12,15,17,19,24,26H,7-10,13-14H2,1H3,(H,30,31)/t15-,17?,19?,24+/m0/s1. The second-order valence-electron chi connectivity index (χ2n) is 9.37. The van der Waals surface area contributed by atoms with Gasteiger partial charge in [-0.05, 0) is 56.2 Å². The number of anilines is 1. The molecule has 0 radical (unpaired) electrons. The first kappa shape index (κ1) is 18.9. The average molecular weight is 417 g/mol. The molecule has 6 rings (SSSR count). The number of nitrogens with one attached hydrogen (secondary N) is 1. The smallest absolute Gasteiger partial charge is 0.412 e. The number of amides is 1. The van der Waals surface area contributed by atoms with E-state index in [0.29, 0.717) is 18.0 Å². The molecule has 4 atom stereocenters. The van der Waals surface area contributed by atoms with E-state index in [1.54, 1.807) is 0 Å². The highest BCUT2D eigenvalue weighted by atomic mass is 16.4. The van der Waals surface area contributed by atoms with E-state index >= 15 is 0 Å². The number of fused-ring (bicyclic) bond motifs is 5. The lowest BCUT2D eigenvalue weighted by atomic mass is 9.95. The predicted octanol–water partition coefficient (Wildman–Crippen LogP) is 4.37. The summed E-state index contributed by atoms with van der Waals surface area (Å²) in [6.45, 7) is 3.07. The van der Waals surface area contributed by atoms with Crippen LogP contribution < -0.4 is 10.2 Å². The molecule has 0 spiro atoms. The Hall–Kier alpha value is -2.86. The van der Waals surface area contributed by atoms with Gasteiger partial charge in [-0.2, -0.15) is 0 Å². The van der Waals surface area contributed by atoms with Crippen molar-refractivity contribution in [2.75, 3.05) is 11.4 Å². The molecule has 2 unspecified atom stereocenters. The number of carboxylic acid groups (broad SMARTS) is 1. The Labute approximate surface area is 181 Å². The van der Waals surface area contributed by atoms with Crippen molar-refractivity contribution in [3.05, 3.63) is 59.4 Å². The van der Waals surface area contributed by atoms with Gasteiger partial charge in [-0.25, -0.2) is 9.78 Å². The summed E-state index contributed by atoms with van der Waals surface area (Å²) in [5.41, 5.74) is 5.31. The summed E-state index contributed by atoms with van der Waals surface area (Å²) in [4.78, 5) is 18.7. The summed E-state index contributed by atoms with van der Waals surface area (Å²) in [7, 11) is 0. The SMILES string of the molecule is C[C@H]1CCc2c(ccc3c2nc(Cc2ccccc2)n3[C@@H]2C3CCC2NC3)N1C(=O)O. The second-order valence-corrected chi connectivity index (χ2v) is 9.37. The van der Waals surface area contributed by atoms with Crippen LogP contribution in [-0.2, 0) is 12.8 Å². The van der Waals surface area contributed by atoms with Crippen molar-refractivity contribution in [2.24, 2.45) is 5.92 Å². The molecule has 2 aliphatic heterocycles. The summed E-state index contributed by atoms with van der Waals surface area (Å²) in [6.07, 6.45) is 4.09. The number of carbonyl (C=O) groups is 1. The van der Waals surface area contributed by atoms with Crippen LogP contribution in [0.3, 0.4) is 0 Å². The fourth-order valence-corrected chi connectivity index (χ4v) is 6.18. The van der Waals surface area contributed by atoms with E-state index in [4.69, 9.17) is 4.98 Å². The molecule has 6 heteroatoms. The highest BCUT2D eigenvalue weighted by molar-refractivity contribution is 5.94. The van der Waals surface area contributed by atoms with Gasteiger partial charge in [-0.1, -0.05) is 30.3 Å². The van der Waals surface area contributed by atoms with Crippen LogP contribution in [0.4, 0.5) is 10.5 Å². The van der Waals surface area contributed by atoms with Gasteiger partial charge in [0.25, 0.3) is 0 Å². The molecule has 3 aliphatic rings. The molecule has 1 saturated carbocycles. The first-order valence-electron chi connectivity index (χ1n) is 11.4. The number of piperidine rings is 1. The topological polar surface area (TPSA) is 70.4 Å². The van der Waals surface area contributed by atoms with Crippen LogP contribution in [-0.4, -0.2) is 39.4 Å². The lowest BCUT2D eigenvalue weighted by molar-refractivity contribution is 0.198. The third kappa shape index (κ3) is 2.88. The minimum atomic E-state index is -0.880. The van der Waals surface area contributed by atoms with Crippen molar-refractivity contribution in [1.82, 2.24) is 14.9 Å². The van der Waals surface area contributed by atoms with Crippen LogP contribution in [0.5, 0.6) is 0 Å². The van der Waals surface area contributed by atoms with E-state index in [1.807, 2.05) is 19.1 Å². The Morgan fingerprint density at radius 2 is 2.00 bits per heavy atom. The van der Waals surface area contributed by atoms with Gasteiger partial charge in [-0.15, -0.1) is 0 Å². The number of aryl methyl sites for hydroxylation is 1. The fraction of sp³-hybridized carbons (Fsp3) is 0.440. The summed E-state index contributed by atoms with van der Waals surface area (Å²) in [5, 5.41) is 13.5. The van der Waals surface area contributed by atoms with Crippen molar-refractivity contribution < 1.29 is 9.90 Å². The zero-order chi connectivity index (χ0) is 21.1. The Balaban J connectivity index is 1.54. The molecule has 1 aromatic heterocycles. The van der Waals surface area contributed by atoms with Gasteiger partial charge in [0.05, 0.1) is 22.8 Å². The number of imidazole rings is 1. The maximum Gasteiger partial charge on any atom is 0.412 e. The Morgan fingerprint density at radius 3 is 2.68 bits per heavy atom. The number of hydrogen-bond donors (Lipinski definition) is 2. The summed E-state index contributed by atoms with van der Waals surface area (Å²) >= 11 is 0. The summed E-state index contributed by atoms with van der Waals surface area (Å²) < 4.78 is 2.49. The Bertz CT molecular complexity index is 1140. The first-order chi connectivity index (χ1) is 15.1. The van der Waals surface area contributed by atoms with Crippen LogP contribution in [0.2, 0.25) is 0 Å². The van der Waals surface area contributed by atoms with Crippen LogP contribution >= 0.6 is 0 Å². The third-order valence-electron chi connectivity index (χ3n) is 7.62. The van der Waals surface area contributed by atoms with Crippen LogP contribution in [0.25, 0.3) is 11.0 Å². The van der Waals surface area contributed by atoms with E-state index in [9.17, 15) is 9.90 Å². The highest BCUT2D eigenvalue weighted by Crippen LogP contribution is 2.44. The zero-order valence-corrected chi connectivity index (χ0v) is 17.8. The third-order valence-corrected chi connectivity index (χ3v) is 7.62. The van der Waals surface area contributed by atoms with E-state index in [2.05, 4.69) is 40.2 Å². The highest BCUT2D eigenvalue weighted by Gasteiger charge is 2.44. The van der Waals surface area contributed by atoms with Crippen molar-refractivity contribution >= 4 is 22.8 Å². The number of benzene rings is 2. The van der Waals surface area contributed by atoms with Crippen LogP contribution in [0.15, 0.2) is 42.5 Å². The van der Waals surface area contributed by atoms with E-state index < -0.39 is 6.09 Å². The molecule has 2 bridgehead atoms. The molecule has 2 N–H and O–H groups in total. The monoisotopic (exact) mass is 416 g/mol. The largest absolute Gasteiger partial charge is 0.465 e. The van der Waals surface area contributed by atoms with Gasteiger partial charge < -0.3 is 15.0 Å². The van der Waals surface area contributed by atoms with Crippen LogP contribution in [0.1, 0.15) is 49.2 Å². The summed E-state index contributed by atoms with van der Waals surface area (Å²) in [6, 6.07) is 15.6. The Kier molecular flexibility index (Phi) is 4.32. The lowest BCUT2D eigenvalue weighted by Crippen LogP contribution is -2.41. The Morgan fingerprint density at radius 1 is 1.16 bits per heavy atom. The molecule has 31 heavy (non-hydrogen) atoms. The molecule has 3 aromatic rings. The summed E-state index contributed by atoms with van der Waals surface area (Å²) in [5.74, 6) is 1.74. The molecule has 2 aromatic carbocycles. The predicted molar refractivity (Wildman–Crippen MR) is 121 cm³/mol. The molecule has 6 nitrogen and oxygen atoms in total. The van der Waals surface area contributed by atoms with Gasteiger partial charge >= 0.3 is 6.09 Å². The molecule has 2 fully saturated rings. The number of hydrogen-bond acceptors (Lipinski definition) is 3. The molecule has 1 saturated heterocycles. The van der Waals surface area contributed by atoms with Crippen molar-refractivity contribution in [2.45, 2.75) is 57.2 Å². The van der Waals surface area contributed by atoms with Crippen molar-refractivity contribution in [3.8, 4) is 0 Å². The molecular formula is C25H28N4O2. The molecule has 1 amide bonds. The average Bonchev–Trinajstić information content (AvgIpc) is 3.45. The van der Waals surface area contributed by atoms with E-state index in [0.717, 1.165) is 53.9 Å². The van der Waals surface area contributed by atoms with E-state index in [-0.39, 0.29) is 6.04 Å². The van der Waals surface area contributed by atoms with Gasteiger partial charge in [0.15, 0.2) is 0 Å². The fourth-order valence-electron chi connectivity index (χ4n) is 6.18. The first-order valence-corrected chi connectivity index (χ1v) is 11.4. The number of aromatic nitrogens is 2. The zero-order valence-electron chi connectivity index (χ0n) is 17.8. The minimum Gasteiger partial charge on any atom is -0.465 e. The normalized spacial score (nSPS) is 27.1. The number of nitrogens with zero attached hydrogens (tertiary/aromatic N) is 3. The van der Waals surface area contributed by atoms with E-state index in [1.165, 1.54) is 23.3 Å². The van der Waals surface area contributed by atoms with Gasteiger partial charge in [0.1, 0.15) is 5.82 Å². The molecule has 3 heterocycles.